The third-order valence-electron chi connectivity index (χ3n) is 2.36. The Kier molecular flexibility index (Phi) is 3.66. The van der Waals surface area contributed by atoms with Crippen molar-refractivity contribution < 1.29 is 4.79 Å². The summed E-state index contributed by atoms with van der Waals surface area (Å²) < 4.78 is 0. The van der Waals surface area contributed by atoms with Crippen LogP contribution in [0.15, 0.2) is 12.3 Å². The number of aromatic nitrogens is 1. The van der Waals surface area contributed by atoms with Gasteiger partial charge in [-0.15, -0.1) is 0 Å². The molecule has 1 aromatic heterocycles. The molecule has 4 nitrogen and oxygen atoms in total. The van der Waals surface area contributed by atoms with Crippen LogP contribution in [0.25, 0.3) is 0 Å². The molecule has 0 aromatic carbocycles. The Labute approximate surface area is 90.3 Å². The molecule has 15 heavy (non-hydrogen) atoms. The average molecular weight is 207 g/mol. The summed E-state index contributed by atoms with van der Waals surface area (Å²) in [6.45, 7) is 4.53. The number of nitrogens with zero attached hydrogens (tertiary/aromatic N) is 2. The largest absolute Gasteiger partial charge is 0.387 e. The van der Waals surface area contributed by atoms with Crippen LogP contribution in [0.2, 0.25) is 0 Å². The maximum atomic E-state index is 11.9. The average Bonchev–Trinajstić information content (AvgIpc) is 2.26. The number of anilines is 1. The second-order valence-corrected chi connectivity index (χ2v) is 3.44. The molecular formula is C11H17N3O. The molecule has 1 heterocycles. The molecule has 82 valence electrons. The van der Waals surface area contributed by atoms with E-state index in [2.05, 4.69) is 10.3 Å². The van der Waals surface area contributed by atoms with Crippen LogP contribution in [0.5, 0.6) is 0 Å². The number of nitrogens with one attached hydrogen (secondary N) is 1. The molecule has 0 spiro atoms. The fraction of sp³-hybridized carbons (Fsp3) is 0.455. The molecule has 1 amide bonds. The van der Waals surface area contributed by atoms with Gasteiger partial charge in [0.1, 0.15) is 0 Å². The molecule has 0 aliphatic carbocycles. The van der Waals surface area contributed by atoms with Crippen molar-refractivity contribution >= 4 is 11.6 Å². The second-order valence-electron chi connectivity index (χ2n) is 3.44. The zero-order valence-corrected chi connectivity index (χ0v) is 9.66. The van der Waals surface area contributed by atoms with Gasteiger partial charge in [-0.05, 0) is 19.9 Å². The van der Waals surface area contributed by atoms with Crippen molar-refractivity contribution in [2.75, 3.05) is 26.0 Å². The van der Waals surface area contributed by atoms with Gasteiger partial charge in [-0.2, -0.15) is 0 Å². The predicted molar refractivity (Wildman–Crippen MR) is 61.2 cm³/mol. The molecule has 0 aliphatic heterocycles. The minimum Gasteiger partial charge on any atom is -0.387 e. The molecule has 0 radical (unpaired) electrons. The Morgan fingerprint density at radius 1 is 1.60 bits per heavy atom. The number of carbonyl (C=O) groups is 1. The molecule has 0 aliphatic rings. The van der Waals surface area contributed by atoms with Gasteiger partial charge in [-0.3, -0.25) is 9.78 Å². The summed E-state index contributed by atoms with van der Waals surface area (Å²) in [7, 11) is 3.58. The Morgan fingerprint density at radius 2 is 2.27 bits per heavy atom. The lowest BCUT2D eigenvalue weighted by atomic mass is 10.2. The molecule has 0 atom stereocenters. The highest BCUT2D eigenvalue weighted by atomic mass is 16.2. The third-order valence-corrected chi connectivity index (χ3v) is 2.36. The van der Waals surface area contributed by atoms with Crippen LogP contribution >= 0.6 is 0 Å². The first-order valence-corrected chi connectivity index (χ1v) is 5.00. The van der Waals surface area contributed by atoms with Crippen LogP contribution in [-0.4, -0.2) is 36.4 Å². The number of rotatable bonds is 3. The highest BCUT2D eigenvalue weighted by Gasteiger charge is 2.14. The lowest BCUT2D eigenvalue weighted by Crippen LogP contribution is -2.27. The van der Waals surface area contributed by atoms with Crippen LogP contribution in [0.1, 0.15) is 23.0 Å². The van der Waals surface area contributed by atoms with Gasteiger partial charge in [0, 0.05) is 32.5 Å². The molecule has 0 bridgehead atoms. The number of hydrogen-bond acceptors (Lipinski definition) is 3. The molecular weight excluding hydrogens is 190 g/mol. The smallest absolute Gasteiger partial charge is 0.257 e. The predicted octanol–water partition coefficient (Wildman–Crippen LogP) is 1.52. The van der Waals surface area contributed by atoms with E-state index >= 15 is 0 Å². The Balaban J connectivity index is 3.08. The van der Waals surface area contributed by atoms with Gasteiger partial charge in [-0.25, -0.2) is 0 Å². The topological polar surface area (TPSA) is 45.2 Å². The molecule has 0 saturated carbocycles. The monoisotopic (exact) mass is 207 g/mol. The van der Waals surface area contributed by atoms with Crippen molar-refractivity contribution in [3.8, 4) is 0 Å². The highest BCUT2D eigenvalue weighted by molar-refractivity contribution is 5.99. The first-order valence-electron chi connectivity index (χ1n) is 5.00. The molecule has 0 unspecified atom stereocenters. The van der Waals surface area contributed by atoms with Gasteiger partial charge in [0.2, 0.25) is 0 Å². The molecule has 0 saturated heterocycles. The van der Waals surface area contributed by atoms with Crippen molar-refractivity contribution in [1.29, 1.82) is 0 Å². The zero-order valence-electron chi connectivity index (χ0n) is 9.66. The molecule has 4 heteroatoms. The van der Waals surface area contributed by atoms with E-state index in [-0.39, 0.29) is 5.91 Å². The van der Waals surface area contributed by atoms with E-state index in [0.29, 0.717) is 12.1 Å². The maximum Gasteiger partial charge on any atom is 0.257 e. The number of pyridine rings is 1. The van der Waals surface area contributed by atoms with Gasteiger partial charge in [0.25, 0.3) is 5.91 Å². The van der Waals surface area contributed by atoms with Crippen molar-refractivity contribution in [3.63, 3.8) is 0 Å². The van der Waals surface area contributed by atoms with E-state index in [1.165, 1.54) is 0 Å². The molecule has 1 aromatic rings. The van der Waals surface area contributed by atoms with Gasteiger partial charge in [-0.1, -0.05) is 0 Å². The fourth-order valence-electron chi connectivity index (χ4n) is 1.29. The SMILES string of the molecule is CCN(C)C(=O)c1cnc(C)cc1NC. The van der Waals surface area contributed by atoms with E-state index < -0.39 is 0 Å². The van der Waals surface area contributed by atoms with Gasteiger partial charge < -0.3 is 10.2 Å². The number of aryl methyl sites for hydroxylation is 1. The summed E-state index contributed by atoms with van der Waals surface area (Å²) in [5, 5.41) is 3.01. The van der Waals surface area contributed by atoms with Crippen molar-refractivity contribution in [2.24, 2.45) is 0 Å². The van der Waals surface area contributed by atoms with E-state index in [1.54, 1.807) is 25.2 Å². The Bertz CT molecular complexity index is 363. The first kappa shape index (κ1) is 11.5. The van der Waals surface area contributed by atoms with Crippen molar-refractivity contribution in [1.82, 2.24) is 9.88 Å². The lowest BCUT2D eigenvalue weighted by molar-refractivity contribution is 0.0803. The Morgan fingerprint density at radius 3 is 2.80 bits per heavy atom. The summed E-state index contributed by atoms with van der Waals surface area (Å²) in [6.07, 6.45) is 1.62. The summed E-state index contributed by atoms with van der Waals surface area (Å²) in [6, 6.07) is 1.87. The minimum absolute atomic E-state index is 0.00523. The summed E-state index contributed by atoms with van der Waals surface area (Å²) in [4.78, 5) is 17.7. The fourth-order valence-corrected chi connectivity index (χ4v) is 1.29. The van der Waals surface area contributed by atoms with Crippen LogP contribution in [0.4, 0.5) is 5.69 Å². The van der Waals surface area contributed by atoms with Crippen LogP contribution in [0.3, 0.4) is 0 Å². The van der Waals surface area contributed by atoms with Crippen LogP contribution in [0, 0.1) is 6.92 Å². The van der Waals surface area contributed by atoms with Crippen LogP contribution < -0.4 is 5.32 Å². The Hall–Kier alpha value is -1.58. The molecule has 1 rings (SSSR count). The van der Waals surface area contributed by atoms with Gasteiger partial charge in [0.05, 0.1) is 11.3 Å². The zero-order chi connectivity index (χ0) is 11.4. The van der Waals surface area contributed by atoms with Gasteiger partial charge >= 0.3 is 0 Å². The normalized spacial score (nSPS) is 9.87. The van der Waals surface area contributed by atoms with E-state index in [4.69, 9.17) is 0 Å². The molecule has 1 N–H and O–H groups in total. The van der Waals surface area contributed by atoms with E-state index in [9.17, 15) is 4.79 Å². The minimum atomic E-state index is -0.00523. The third kappa shape index (κ3) is 2.46. The summed E-state index contributed by atoms with van der Waals surface area (Å²) in [5.74, 6) is -0.00523. The van der Waals surface area contributed by atoms with Gasteiger partial charge in [0.15, 0.2) is 0 Å². The number of hydrogen-bond donors (Lipinski definition) is 1. The van der Waals surface area contributed by atoms with Crippen LogP contribution in [-0.2, 0) is 0 Å². The first-order chi connectivity index (χ1) is 7.10. The summed E-state index contributed by atoms with van der Waals surface area (Å²) in [5.41, 5.74) is 2.34. The highest BCUT2D eigenvalue weighted by Crippen LogP contribution is 2.16. The number of amides is 1. The maximum absolute atomic E-state index is 11.9. The summed E-state index contributed by atoms with van der Waals surface area (Å²) >= 11 is 0. The quantitative estimate of drug-likeness (QED) is 0.817. The standard InChI is InChI=1S/C11H17N3O/c1-5-14(4)11(15)9-7-13-8(2)6-10(9)12-3/h6-7H,5H2,1-4H3,(H,12,13). The van der Waals surface area contributed by atoms with E-state index in [0.717, 1.165) is 11.4 Å². The lowest BCUT2D eigenvalue weighted by Gasteiger charge is -2.16. The van der Waals surface area contributed by atoms with E-state index in [1.807, 2.05) is 19.9 Å². The van der Waals surface area contributed by atoms with Crippen molar-refractivity contribution in [3.05, 3.63) is 23.5 Å². The molecule has 0 fully saturated rings. The van der Waals surface area contributed by atoms with Crippen molar-refractivity contribution in [2.45, 2.75) is 13.8 Å². The second kappa shape index (κ2) is 4.77. The number of carbonyl (C=O) groups excluding carboxylic acids is 1.